The van der Waals surface area contributed by atoms with E-state index in [-0.39, 0.29) is 18.0 Å². The van der Waals surface area contributed by atoms with Gasteiger partial charge in [-0.25, -0.2) is 4.79 Å². The van der Waals surface area contributed by atoms with Crippen molar-refractivity contribution in [3.05, 3.63) is 102 Å². The van der Waals surface area contributed by atoms with E-state index in [0.717, 1.165) is 12.8 Å². The monoisotopic (exact) mass is 614 g/mol. The second-order valence-electron chi connectivity index (χ2n) is 10.7. The second-order valence-corrected chi connectivity index (χ2v) is 10.7. The van der Waals surface area contributed by atoms with Gasteiger partial charge in [-0.3, -0.25) is 14.4 Å². The SMILES string of the molecule is CCCCCCCOc1ccc(C(=O)Oc2ccc(CN(CC(=O)O)C(=O)c3ccc(NC(=O)C4CC=CO4)cc3)cc2)cc1. The topological polar surface area (TPSA) is 131 Å². The number of nitrogens with one attached hydrogen (secondary N) is 1. The lowest BCUT2D eigenvalue weighted by molar-refractivity contribution is -0.137. The van der Waals surface area contributed by atoms with Crippen molar-refractivity contribution in [2.24, 2.45) is 0 Å². The molecule has 1 aliphatic heterocycles. The van der Waals surface area contributed by atoms with Gasteiger partial charge < -0.3 is 29.5 Å². The maximum absolute atomic E-state index is 13.2. The summed E-state index contributed by atoms with van der Waals surface area (Å²) in [5, 5.41) is 12.2. The number of anilines is 1. The lowest BCUT2D eigenvalue weighted by Crippen LogP contribution is -2.35. The summed E-state index contributed by atoms with van der Waals surface area (Å²) >= 11 is 0. The first-order valence-corrected chi connectivity index (χ1v) is 15.1. The highest BCUT2D eigenvalue weighted by Gasteiger charge is 2.22. The first kappa shape index (κ1) is 32.8. The summed E-state index contributed by atoms with van der Waals surface area (Å²) in [7, 11) is 0. The van der Waals surface area contributed by atoms with E-state index in [1.165, 1.54) is 42.6 Å². The van der Waals surface area contributed by atoms with Crippen LogP contribution in [0.3, 0.4) is 0 Å². The lowest BCUT2D eigenvalue weighted by Gasteiger charge is -2.21. The first-order valence-electron chi connectivity index (χ1n) is 15.1. The maximum atomic E-state index is 13.2. The Balaban J connectivity index is 1.29. The zero-order valence-corrected chi connectivity index (χ0v) is 25.3. The second kappa shape index (κ2) is 16.7. The van der Waals surface area contributed by atoms with Gasteiger partial charge in [0.15, 0.2) is 6.10 Å². The molecule has 0 spiro atoms. The van der Waals surface area contributed by atoms with Gasteiger partial charge in [0.05, 0.1) is 18.4 Å². The summed E-state index contributed by atoms with van der Waals surface area (Å²) in [6, 6.07) is 19.5. The van der Waals surface area contributed by atoms with Crippen LogP contribution in [-0.4, -0.2) is 53.0 Å². The third-order valence-corrected chi connectivity index (χ3v) is 7.11. The van der Waals surface area contributed by atoms with Gasteiger partial charge in [0.2, 0.25) is 0 Å². The first-order chi connectivity index (χ1) is 21.8. The van der Waals surface area contributed by atoms with Gasteiger partial charge in [0.1, 0.15) is 18.0 Å². The van der Waals surface area contributed by atoms with Crippen molar-refractivity contribution in [1.82, 2.24) is 4.90 Å². The summed E-state index contributed by atoms with van der Waals surface area (Å²) < 4.78 is 16.5. The van der Waals surface area contributed by atoms with E-state index < -0.39 is 30.5 Å². The molecule has 0 saturated heterocycles. The molecule has 4 rings (SSSR count). The fourth-order valence-corrected chi connectivity index (χ4v) is 4.65. The molecule has 1 heterocycles. The summed E-state index contributed by atoms with van der Waals surface area (Å²) in [5.41, 5.74) is 1.78. The summed E-state index contributed by atoms with van der Waals surface area (Å²) in [4.78, 5) is 50.8. The number of carboxylic acids is 1. The van der Waals surface area contributed by atoms with Crippen LogP contribution < -0.4 is 14.8 Å². The van der Waals surface area contributed by atoms with E-state index in [1.54, 1.807) is 66.7 Å². The van der Waals surface area contributed by atoms with Crippen molar-refractivity contribution in [3.63, 3.8) is 0 Å². The van der Waals surface area contributed by atoms with Crippen molar-refractivity contribution in [2.45, 2.75) is 58.1 Å². The fourth-order valence-electron chi connectivity index (χ4n) is 4.65. The largest absolute Gasteiger partial charge is 0.494 e. The van der Waals surface area contributed by atoms with E-state index in [2.05, 4.69) is 12.2 Å². The number of rotatable bonds is 16. The molecule has 0 aromatic heterocycles. The predicted octanol–water partition coefficient (Wildman–Crippen LogP) is 6.22. The van der Waals surface area contributed by atoms with Crippen molar-refractivity contribution in [2.75, 3.05) is 18.5 Å². The molecule has 2 N–H and O–H groups in total. The third-order valence-electron chi connectivity index (χ3n) is 7.11. The molecule has 45 heavy (non-hydrogen) atoms. The van der Waals surface area contributed by atoms with E-state index in [1.807, 2.05) is 0 Å². The predicted molar refractivity (Wildman–Crippen MR) is 168 cm³/mol. The molecule has 1 aliphatic rings. The standard InChI is InChI=1S/C35H38N2O8/c1-2-3-4-5-6-21-43-29-19-13-27(14-20-29)35(42)45-30-17-9-25(10-18-30)23-37(24-32(38)39)34(41)26-11-15-28(16-12-26)36-33(40)31-8-7-22-44-31/h7,9-20,22,31H,2-6,8,21,23-24H2,1H3,(H,36,40)(H,38,39). The quantitative estimate of drug-likeness (QED) is 0.110. The Morgan fingerprint density at radius 3 is 2.18 bits per heavy atom. The number of benzene rings is 3. The van der Waals surface area contributed by atoms with Crippen molar-refractivity contribution in [1.29, 1.82) is 0 Å². The zero-order chi connectivity index (χ0) is 32.0. The molecule has 0 radical (unpaired) electrons. The summed E-state index contributed by atoms with van der Waals surface area (Å²) in [5.74, 6) is -1.47. The number of nitrogens with zero attached hydrogens (tertiary/aromatic N) is 1. The molecule has 1 atom stereocenters. The lowest BCUT2D eigenvalue weighted by atomic mass is 10.1. The number of hydrogen-bond donors (Lipinski definition) is 2. The van der Waals surface area contributed by atoms with Gasteiger partial charge >= 0.3 is 11.9 Å². The molecule has 3 aromatic carbocycles. The van der Waals surface area contributed by atoms with Gasteiger partial charge in [-0.05, 0) is 78.7 Å². The molecule has 2 amide bonds. The smallest absolute Gasteiger partial charge is 0.343 e. The van der Waals surface area contributed by atoms with Crippen LogP contribution >= 0.6 is 0 Å². The number of amides is 2. The van der Waals surface area contributed by atoms with E-state index in [0.29, 0.717) is 41.3 Å². The Labute approximate surface area is 262 Å². The van der Waals surface area contributed by atoms with Crippen LogP contribution in [0.15, 0.2) is 85.1 Å². The van der Waals surface area contributed by atoms with E-state index in [4.69, 9.17) is 14.2 Å². The van der Waals surface area contributed by atoms with Crippen LogP contribution in [-0.2, 0) is 20.9 Å². The molecule has 3 aromatic rings. The normalized spacial score (nSPS) is 13.5. The summed E-state index contributed by atoms with van der Waals surface area (Å²) in [6.07, 6.45) is 8.90. The average Bonchev–Trinajstić information content (AvgIpc) is 3.59. The molecular weight excluding hydrogens is 576 g/mol. The van der Waals surface area contributed by atoms with Gasteiger partial charge in [0.25, 0.3) is 11.8 Å². The van der Waals surface area contributed by atoms with Crippen LogP contribution in [0.1, 0.15) is 71.7 Å². The minimum absolute atomic E-state index is 0.0178. The highest BCUT2D eigenvalue weighted by molar-refractivity contribution is 5.98. The van der Waals surface area contributed by atoms with Crippen molar-refractivity contribution in [3.8, 4) is 11.5 Å². The van der Waals surface area contributed by atoms with Crippen LogP contribution in [0, 0.1) is 0 Å². The van der Waals surface area contributed by atoms with Gasteiger partial charge in [-0.1, -0.05) is 44.7 Å². The average molecular weight is 615 g/mol. The van der Waals surface area contributed by atoms with E-state index in [9.17, 15) is 24.3 Å². The van der Waals surface area contributed by atoms with Crippen LogP contribution in [0.2, 0.25) is 0 Å². The molecule has 236 valence electrons. The Hall–Kier alpha value is -5.12. The van der Waals surface area contributed by atoms with E-state index >= 15 is 0 Å². The molecule has 0 aliphatic carbocycles. The third kappa shape index (κ3) is 10.2. The molecular formula is C35H38N2O8. The summed E-state index contributed by atoms with van der Waals surface area (Å²) in [6.45, 7) is 2.32. The van der Waals surface area contributed by atoms with Gasteiger partial charge in [-0.15, -0.1) is 0 Å². The van der Waals surface area contributed by atoms with Gasteiger partial charge in [0, 0.05) is 24.2 Å². The van der Waals surface area contributed by atoms with Crippen molar-refractivity contribution >= 4 is 29.4 Å². The molecule has 0 saturated carbocycles. The number of carbonyl (C=O) groups excluding carboxylic acids is 3. The highest BCUT2D eigenvalue weighted by Crippen LogP contribution is 2.20. The fraction of sp³-hybridized carbons (Fsp3) is 0.314. The number of aliphatic carboxylic acids is 1. The number of carbonyl (C=O) groups is 4. The maximum Gasteiger partial charge on any atom is 0.343 e. The number of ether oxygens (including phenoxy) is 3. The molecule has 0 fully saturated rings. The Kier molecular flexibility index (Phi) is 12.1. The number of carboxylic acid groups (broad SMARTS) is 1. The Bertz CT molecular complexity index is 1460. The molecule has 10 nitrogen and oxygen atoms in total. The number of unbranched alkanes of at least 4 members (excludes halogenated alkanes) is 4. The minimum Gasteiger partial charge on any atom is -0.494 e. The zero-order valence-electron chi connectivity index (χ0n) is 25.3. The number of hydrogen-bond acceptors (Lipinski definition) is 7. The Morgan fingerprint density at radius 2 is 1.53 bits per heavy atom. The Morgan fingerprint density at radius 1 is 0.867 bits per heavy atom. The van der Waals surface area contributed by atoms with Crippen molar-refractivity contribution < 1.29 is 38.5 Å². The molecule has 10 heteroatoms. The minimum atomic E-state index is -1.16. The highest BCUT2D eigenvalue weighted by atomic mass is 16.5. The molecule has 1 unspecified atom stereocenters. The van der Waals surface area contributed by atoms with Crippen LogP contribution in [0.4, 0.5) is 5.69 Å². The van der Waals surface area contributed by atoms with Crippen LogP contribution in [0.5, 0.6) is 11.5 Å². The van der Waals surface area contributed by atoms with Gasteiger partial charge in [-0.2, -0.15) is 0 Å². The molecule has 0 bridgehead atoms. The van der Waals surface area contributed by atoms with Crippen LogP contribution in [0.25, 0.3) is 0 Å². The number of esters is 1.